The molecule has 0 saturated carbocycles. The van der Waals surface area contributed by atoms with E-state index >= 15 is 0 Å². The van der Waals surface area contributed by atoms with Crippen molar-refractivity contribution in [2.24, 2.45) is 0 Å². The third-order valence-corrected chi connectivity index (χ3v) is 0. The van der Waals surface area contributed by atoms with Gasteiger partial charge in [-0.3, -0.25) is 0 Å². The average Bonchev–Trinajstić information content (AvgIpc) is 0. The Labute approximate surface area is 115 Å². The van der Waals surface area contributed by atoms with Crippen LogP contribution in [0.25, 0.3) is 0 Å². The molecule has 0 aliphatic carbocycles. The third-order valence-electron chi connectivity index (χ3n) is 0. The van der Waals surface area contributed by atoms with Gasteiger partial charge in [0, 0.05) is 0 Å². The predicted molar refractivity (Wildman–Crippen MR) is 12.2 cm³/mol. The maximum Gasteiger partial charge on any atom is 5.00 e. The van der Waals surface area contributed by atoms with E-state index in [4.69, 9.17) is 0 Å². The van der Waals surface area contributed by atoms with Crippen molar-refractivity contribution in [3.8, 4) is 0 Å². The van der Waals surface area contributed by atoms with Gasteiger partial charge in [-0.15, -0.1) is 0 Å². The molecule has 0 N–H and O–H groups in total. The molecule has 0 aliphatic rings. The van der Waals surface area contributed by atoms with Crippen molar-refractivity contribution in [2.45, 2.75) is 0 Å². The molecular weight excluding hydrogens is 578 g/mol. The second-order valence-electron chi connectivity index (χ2n) is 0. The Hall–Kier alpha value is 3.69. The molecule has 0 atom stereocenters. The van der Waals surface area contributed by atoms with Crippen molar-refractivity contribution < 1.29 is 69.6 Å². The molecule has 0 aromatic rings. The first-order valence-electron chi connectivity index (χ1n) is 0. The Morgan fingerprint density at radius 2 is 1.00 bits per heavy atom. The standard InChI is InChI=1S/Ce.O.Sb.Sn.Ta/q+3;-2;+3;+4;+5. The van der Waals surface area contributed by atoms with Crippen molar-refractivity contribution in [1.82, 2.24) is 0 Å². The molecular formula is CeOSbSnTa+13. The summed E-state index contributed by atoms with van der Waals surface area (Å²) in [4.78, 5) is 0. The first-order chi connectivity index (χ1) is 0. The van der Waals surface area contributed by atoms with Crippen molar-refractivity contribution in [3.63, 3.8) is 0 Å². The summed E-state index contributed by atoms with van der Waals surface area (Å²) in [6.07, 6.45) is 0. The number of rotatable bonds is 0. The van der Waals surface area contributed by atoms with Crippen LogP contribution in [-0.2, 0) is 27.9 Å². The normalized spacial score (nSPS) is 0. The molecule has 0 saturated heterocycles. The van der Waals surface area contributed by atoms with Gasteiger partial charge < -0.3 is 5.48 Å². The molecule has 11 valence electrons. The molecule has 5 heteroatoms. The minimum Gasteiger partial charge on any atom is -2.00 e. The quantitative estimate of drug-likeness (QED) is 0.335. The molecule has 0 unspecified atom stereocenters. The first kappa shape index (κ1) is 37.7. The smallest absolute Gasteiger partial charge is 2.00 e. The monoisotopic (exact) mass is 578 g/mol. The van der Waals surface area contributed by atoms with Gasteiger partial charge >= 0.3 is 112 Å². The van der Waals surface area contributed by atoms with Gasteiger partial charge in [0.05, 0.1) is 0 Å². The second kappa shape index (κ2) is 25.3. The zero-order valence-electron chi connectivity index (χ0n) is 2.30. The predicted octanol–water partition coefficient (Wildman–Crippen LogP) is -0.883. The molecule has 3 radical (unpaired) electrons. The summed E-state index contributed by atoms with van der Waals surface area (Å²) >= 11 is 0. The molecule has 0 aromatic heterocycles. The minimum atomic E-state index is 0. The van der Waals surface area contributed by atoms with Crippen LogP contribution in [-0.4, -0.2) is 48.3 Å². The van der Waals surface area contributed by atoms with Crippen LogP contribution in [0, 0.1) is 41.7 Å². The van der Waals surface area contributed by atoms with Gasteiger partial charge in [0.15, 0.2) is 0 Å². The summed E-state index contributed by atoms with van der Waals surface area (Å²) < 4.78 is 0. The third kappa shape index (κ3) is 18.3. The van der Waals surface area contributed by atoms with Crippen LogP contribution in [0.1, 0.15) is 0 Å². The van der Waals surface area contributed by atoms with E-state index in [0.29, 0.717) is 0 Å². The summed E-state index contributed by atoms with van der Waals surface area (Å²) in [5.74, 6) is 0. The molecule has 0 aromatic carbocycles. The van der Waals surface area contributed by atoms with Crippen molar-refractivity contribution >= 4 is 48.3 Å². The van der Waals surface area contributed by atoms with Crippen LogP contribution in [0.3, 0.4) is 0 Å². The number of hydrogen-bond donors (Lipinski definition) is 0. The van der Waals surface area contributed by atoms with Crippen LogP contribution in [0.4, 0.5) is 0 Å². The van der Waals surface area contributed by atoms with E-state index in [1.165, 1.54) is 0 Å². The van der Waals surface area contributed by atoms with Gasteiger partial charge in [0.25, 0.3) is 0 Å². The summed E-state index contributed by atoms with van der Waals surface area (Å²) in [5.41, 5.74) is 0. The molecule has 0 spiro atoms. The van der Waals surface area contributed by atoms with E-state index < -0.39 is 0 Å². The fourth-order valence-corrected chi connectivity index (χ4v) is 0. The van der Waals surface area contributed by atoms with E-state index in [2.05, 4.69) is 0 Å². The zero-order valence-corrected chi connectivity index (χ0v) is 14.1. The van der Waals surface area contributed by atoms with Crippen LogP contribution >= 0.6 is 0 Å². The number of hydrogen-bond acceptors (Lipinski definition) is 0. The molecule has 1 nitrogen and oxygen atoms in total. The van der Waals surface area contributed by atoms with Crippen LogP contribution in [0.15, 0.2) is 0 Å². The van der Waals surface area contributed by atoms with E-state index in [0.717, 1.165) is 0 Å². The molecule has 0 heterocycles. The first-order valence-corrected chi connectivity index (χ1v) is 0. The fourth-order valence-electron chi connectivity index (χ4n) is 0. The zero-order chi connectivity index (χ0) is 0. The molecule has 0 fully saturated rings. The molecule has 0 rings (SSSR count). The maximum absolute atomic E-state index is 0. The molecule has 0 aliphatic heterocycles. The fraction of sp³-hybridized carbons (Fsp3) is 0. The second-order valence-corrected chi connectivity index (χ2v) is 0. The summed E-state index contributed by atoms with van der Waals surface area (Å²) in [5, 5.41) is 0. The van der Waals surface area contributed by atoms with Crippen LogP contribution in [0.5, 0.6) is 0 Å². The summed E-state index contributed by atoms with van der Waals surface area (Å²) in [6, 6.07) is 0. The van der Waals surface area contributed by atoms with Crippen molar-refractivity contribution in [1.29, 1.82) is 0 Å². The van der Waals surface area contributed by atoms with Gasteiger partial charge in [0.1, 0.15) is 0 Å². The topological polar surface area (TPSA) is 28.5 Å². The van der Waals surface area contributed by atoms with E-state index in [-0.39, 0.29) is 118 Å². The van der Waals surface area contributed by atoms with Gasteiger partial charge in [-0.05, 0) is 0 Å². The molecule has 5 heavy (non-hydrogen) atoms. The average molecular weight is 578 g/mol. The van der Waals surface area contributed by atoms with Gasteiger partial charge in [-0.25, -0.2) is 0 Å². The van der Waals surface area contributed by atoms with E-state index in [9.17, 15) is 0 Å². The Kier molecular flexibility index (Phi) is 191. The van der Waals surface area contributed by atoms with Gasteiger partial charge in [0.2, 0.25) is 0 Å². The molecule has 0 amide bonds. The Balaban J connectivity index is 0. The largest absolute Gasteiger partial charge is 5.00 e. The van der Waals surface area contributed by atoms with E-state index in [1.54, 1.807) is 0 Å². The van der Waals surface area contributed by atoms with Crippen LogP contribution < -0.4 is 0 Å². The van der Waals surface area contributed by atoms with E-state index in [1.807, 2.05) is 0 Å². The Morgan fingerprint density at radius 1 is 1.00 bits per heavy atom. The minimum absolute atomic E-state index is 0. The van der Waals surface area contributed by atoms with Gasteiger partial charge in [-0.2, -0.15) is 0 Å². The van der Waals surface area contributed by atoms with Crippen LogP contribution in [0.2, 0.25) is 0 Å². The Morgan fingerprint density at radius 3 is 1.00 bits per heavy atom. The summed E-state index contributed by atoms with van der Waals surface area (Å²) in [7, 11) is 0. The molecule has 0 bridgehead atoms. The maximum atomic E-state index is 0. The van der Waals surface area contributed by atoms with Gasteiger partial charge in [-0.1, -0.05) is 0 Å². The van der Waals surface area contributed by atoms with Crippen molar-refractivity contribution in [3.05, 3.63) is 0 Å². The Bertz CT molecular complexity index is 11.6. The summed E-state index contributed by atoms with van der Waals surface area (Å²) in [6.45, 7) is 0. The van der Waals surface area contributed by atoms with Crippen molar-refractivity contribution in [2.75, 3.05) is 0 Å². The SMILES string of the molecule is [Ce+3].[O-2].[Sb+3].[Sn+4].[Ta+5].